The third-order valence-electron chi connectivity index (χ3n) is 4.17. The van der Waals surface area contributed by atoms with Gasteiger partial charge < -0.3 is 0 Å². The van der Waals surface area contributed by atoms with Gasteiger partial charge in [0, 0.05) is 18.6 Å². The third-order valence-corrected chi connectivity index (χ3v) is 6.07. The summed E-state index contributed by atoms with van der Waals surface area (Å²) < 4.78 is 29.3. The Labute approximate surface area is 132 Å². The Hall–Kier alpha value is -0.620. The van der Waals surface area contributed by atoms with Crippen molar-refractivity contribution >= 4 is 21.8 Å². The molecule has 1 N–H and O–H groups in total. The number of halogens is 1. The molecule has 1 aromatic rings. The lowest BCUT2D eigenvalue weighted by Gasteiger charge is -2.43. The molecule has 1 aliphatic carbocycles. The van der Waals surface area contributed by atoms with Gasteiger partial charge in [-0.05, 0) is 43.4 Å². The SMILES string of the molecule is CCCCN(C)S(=O)(=O)NC1(c2ccc(Cl)cc2)CCC1. The summed E-state index contributed by atoms with van der Waals surface area (Å²) in [6.07, 6.45) is 4.53. The summed E-state index contributed by atoms with van der Waals surface area (Å²) in [7, 11) is -1.83. The number of nitrogens with zero attached hydrogens (tertiary/aromatic N) is 1. The maximum absolute atomic E-state index is 12.5. The van der Waals surface area contributed by atoms with E-state index >= 15 is 0 Å². The average molecular weight is 331 g/mol. The van der Waals surface area contributed by atoms with Crippen LogP contribution in [0, 0.1) is 0 Å². The highest BCUT2D eigenvalue weighted by Crippen LogP contribution is 2.42. The number of nitrogens with one attached hydrogen (secondary N) is 1. The highest BCUT2D eigenvalue weighted by molar-refractivity contribution is 7.87. The zero-order valence-electron chi connectivity index (χ0n) is 12.6. The van der Waals surface area contributed by atoms with Crippen LogP contribution >= 0.6 is 11.6 Å². The molecule has 1 fully saturated rings. The summed E-state index contributed by atoms with van der Waals surface area (Å²) >= 11 is 5.92. The Balaban J connectivity index is 2.16. The van der Waals surface area contributed by atoms with Crippen LogP contribution in [-0.4, -0.2) is 26.3 Å². The standard InChI is InChI=1S/C15H23ClN2O2S/c1-3-4-12-18(2)21(19,20)17-15(10-5-11-15)13-6-8-14(16)9-7-13/h6-9,17H,3-5,10-12H2,1-2H3. The predicted octanol–water partition coefficient (Wildman–Crippen LogP) is 3.29. The molecule has 2 rings (SSSR count). The molecule has 0 bridgehead atoms. The Kier molecular flexibility index (Phi) is 5.30. The van der Waals surface area contributed by atoms with Gasteiger partial charge in [-0.15, -0.1) is 0 Å². The molecule has 1 aliphatic rings. The number of benzene rings is 1. The zero-order chi connectivity index (χ0) is 15.5. The molecule has 0 aliphatic heterocycles. The van der Waals surface area contributed by atoms with Crippen molar-refractivity contribution in [3.63, 3.8) is 0 Å². The second-order valence-corrected chi connectivity index (χ2v) is 7.94. The number of hydrogen-bond donors (Lipinski definition) is 1. The van der Waals surface area contributed by atoms with Crippen molar-refractivity contribution in [2.75, 3.05) is 13.6 Å². The average Bonchev–Trinajstić information content (AvgIpc) is 2.41. The van der Waals surface area contributed by atoms with Crippen LogP contribution in [-0.2, 0) is 15.7 Å². The fourth-order valence-electron chi connectivity index (χ4n) is 2.57. The van der Waals surface area contributed by atoms with Crippen molar-refractivity contribution in [2.45, 2.75) is 44.6 Å². The topological polar surface area (TPSA) is 49.4 Å². The first-order chi connectivity index (χ1) is 9.89. The molecule has 4 nitrogen and oxygen atoms in total. The maximum atomic E-state index is 12.5. The van der Waals surface area contributed by atoms with Crippen molar-refractivity contribution in [1.29, 1.82) is 0 Å². The van der Waals surface area contributed by atoms with E-state index in [-0.39, 0.29) is 0 Å². The van der Waals surface area contributed by atoms with Crippen molar-refractivity contribution in [1.82, 2.24) is 9.03 Å². The van der Waals surface area contributed by atoms with Crippen molar-refractivity contribution in [2.24, 2.45) is 0 Å². The van der Waals surface area contributed by atoms with E-state index in [1.54, 1.807) is 7.05 Å². The predicted molar refractivity (Wildman–Crippen MR) is 86.6 cm³/mol. The van der Waals surface area contributed by atoms with E-state index in [0.29, 0.717) is 11.6 Å². The normalized spacial score (nSPS) is 17.7. The fraction of sp³-hybridized carbons (Fsp3) is 0.600. The van der Waals surface area contributed by atoms with Crippen LogP contribution < -0.4 is 4.72 Å². The molecule has 0 atom stereocenters. The monoisotopic (exact) mass is 330 g/mol. The van der Waals surface area contributed by atoms with E-state index in [4.69, 9.17) is 11.6 Å². The number of unbranched alkanes of at least 4 members (excludes halogenated alkanes) is 1. The molecule has 0 heterocycles. The Morgan fingerprint density at radius 1 is 1.29 bits per heavy atom. The van der Waals surface area contributed by atoms with Crippen LogP contribution in [0.2, 0.25) is 5.02 Å². The van der Waals surface area contributed by atoms with Gasteiger partial charge in [0.15, 0.2) is 0 Å². The van der Waals surface area contributed by atoms with E-state index in [9.17, 15) is 8.42 Å². The van der Waals surface area contributed by atoms with E-state index in [1.165, 1.54) is 4.31 Å². The summed E-state index contributed by atoms with van der Waals surface area (Å²) in [5, 5.41) is 0.663. The van der Waals surface area contributed by atoms with Gasteiger partial charge in [-0.1, -0.05) is 37.1 Å². The van der Waals surface area contributed by atoms with Crippen molar-refractivity contribution < 1.29 is 8.42 Å². The number of hydrogen-bond acceptors (Lipinski definition) is 2. The van der Waals surface area contributed by atoms with Crippen LogP contribution in [0.4, 0.5) is 0 Å². The molecule has 0 radical (unpaired) electrons. The Morgan fingerprint density at radius 2 is 1.90 bits per heavy atom. The van der Waals surface area contributed by atoms with Crippen LogP contribution in [0.1, 0.15) is 44.6 Å². The largest absolute Gasteiger partial charge is 0.280 e. The van der Waals surface area contributed by atoms with Gasteiger partial charge in [0.2, 0.25) is 0 Å². The first kappa shape index (κ1) is 16.7. The van der Waals surface area contributed by atoms with Gasteiger partial charge in [0.05, 0.1) is 5.54 Å². The molecule has 118 valence electrons. The van der Waals surface area contributed by atoms with Gasteiger partial charge in [0.25, 0.3) is 10.2 Å². The molecule has 0 aromatic heterocycles. The molecule has 21 heavy (non-hydrogen) atoms. The van der Waals surface area contributed by atoms with Gasteiger partial charge in [0.1, 0.15) is 0 Å². The molecule has 0 unspecified atom stereocenters. The van der Waals surface area contributed by atoms with E-state index in [0.717, 1.165) is 37.7 Å². The first-order valence-electron chi connectivity index (χ1n) is 7.41. The van der Waals surface area contributed by atoms with Crippen LogP contribution in [0.3, 0.4) is 0 Å². The summed E-state index contributed by atoms with van der Waals surface area (Å²) in [5.41, 5.74) is 0.523. The highest BCUT2D eigenvalue weighted by Gasteiger charge is 2.42. The minimum absolute atomic E-state index is 0.468. The minimum Gasteiger partial charge on any atom is -0.195 e. The van der Waals surface area contributed by atoms with Gasteiger partial charge in [-0.3, -0.25) is 0 Å². The zero-order valence-corrected chi connectivity index (χ0v) is 14.2. The van der Waals surface area contributed by atoms with E-state index < -0.39 is 15.7 Å². The molecule has 0 spiro atoms. The van der Waals surface area contributed by atoms with Crippen LogP contribution in [0.5, 0.6) is 0 Å². The molecule has 1 aromatic carbocycles. The molecular formula is C15H23ClN2O2S. The lowest BCUT2D eigenvalue weighted by Crippen LogP contribution is -2.54. The van der Waals surface area contributed by atoms with E-state index in [1.807, 2.05) is 24.3 Å². The second kappa shape index (κ2) is 6.65. The summed E-state index contributed by atoms with van der Waals surface area (Å²) in [6.45, 7) is 2.59. The highest BCUT2D eigenvalue weighted by atomic mass is 35.5. The van der Waals surface area contributed by atoms with Gasteiger partial charge in [-0.25, -0.2) is 0 Å². The van der Waals surface area contributed by atoms with Crippen LogP contribution in [0.15, 0.2) is 24.3 Å². The Bertz CT molecular complexity index is 568. The fourth-order valence-corrected chi connectivity index (χ4v) is 4.04. The summed E-state index contributed by atoms with van der Waals surface area (Å²) in [6, 6.07) is 7.45. The van der Waals surface area contributed by atoms with Crippen molar-refractivity contribution in [3.8, 4) is 0 Å². The molecule has 1 saturated carbocycles. The Morgan fingerprint density at radius 3 is 2.38 bits per heavy atom. The molecule has 6 heteroatoms. The quantitative estimate of drug-likeness (QED) is 0.834. The first-order valence-corrected chi connectivity index (χ1v) is 9.23. The van der Waals surface area contributed by atoms with E-state index in [2.05, 4.69) is 11.6 Å². The summed E-state index contributed by atoms with van der Waals surface area (Å²) in [5.74, 6) is 0. The minimum atomic E-state index is -3.46. The smallest absolute Gasteiger partial charge is 0.195 e. The van der Waals surface area contributed by atoms with Crippen molar-refractivity contribution in [3.05, 3.63) is 34.9 Å². The lowest BCUT2D eigenvalue weighted by molar-refractivity contribution is 0.219. The number of rotatable bonds is 7. The summed E-state index contributed by atoms with van der Waals surface area (Å²) in [4.78, 5) is 0. The van der Waals surface area contributed by atoms with Gasteiger partial charge in [-0.2, -0.15) is 17.4 Å². The lowest BCUT2D eigenvalue weighted by atomic mass is 9.73. The van der Waals surface area contributed by atoms with Crippen LogP contribution in [0.25, 0.3) is 0 Å². The maximum Gasteiger partial charge on any atom is 0.280 e. The second-order valence-electron chi connectivity index (χ2n) is 5.72. The molecule has 0 amide bonds. The molecular weight excluding hydrogens is 308 g/mol. The van der Waals surface area contributed by atoms with Gasteiger partial charge >= 0.3 is 0 Å². The third kappa shape index (κ3) is 3.77. The molecule has 0 saturated heterocycles.